The van der Waals surface area contributed by atoms with Crippen molar-refractivity contribution in [3.8, 4) is 0 Å². The van der Waals surface area contributed by atoms with Crippen LogP contribution >= 0.6 is 0 Å². The summed E-state index contributed by atoms with van der Waals surface area (Å²) in [4.78, 5) is 12.9. The zero-order chi connectivity index (χ0) is 10.8. The molecule has 0 saturated carbocycles. The molecular weight excluding hydrogens is 178 g/mol. The molecule has 0 aliphatic carbocycles. The van der Waals surface area contributed by atoms with Gasteiger partial charge >= 0.3 is 0 Å². The summed E-state index contributed by atoms with van der Waals surface area (Å²) in [6, 6.07) is 0. The summed E-state index contributed by atoms with van der Waals surface area (Å²) < 4.78 is 0. The second-order valence-corrected chi connectivity index (χ2v) is 3.26. The number of hydrogen-bond acceptors (Lipinski definition) is 3. The van der Waals surface area contributed by atoms with E-state index in [4.69, 9.17) is 0 Å². The van der Waals surface area contributed by atoms with Crippen LogP contribution in [0.3, 0.4) is 0 Å². The summed E-state index contributed by atoms with van der Waals surface area (Å²) in [5, 5.41) is 6.03. The highest BCUT2D eigenvalue weighted by Crippen LogP contribution is 1.83. The fourth-order valence-corrected chi connectivity index (χ4v) is 1.23. The van der Waals surface area contributed by atoms with Crippen LogP contribution in [-0.4, -0.2) is 50.1 Å². The van der Waals surface area contributed by atoms with Crippen LogP contribution < -0.4 is 10.6 Å². The molecule has 14 heavy (non-hydrogen) atoms. The number of amides is 1. The minimum atomic E-state index is 0.0375. The van der Waals surface area contributed by atoms with Crippen LogP contribution in [0.25, 0.3) is 0 Å². The quantitative estimate of drug-likeness (QED) is 0.546. The summed E-state index contributed by atoms with van der Waals surface area (Å²) in [6.07, 6.45) is 0. The van der Waals surface area contributed by atoms with Crippen molar-refractivity contribution < 1.29 is 4.79 Å². The molecule has 0 atom stereocenters. The fraction of sp³-hybridized carbons (Fsp3) is 0.900. The van der Waals surface area contributed by atoms with Gasteiger partial charge in [-0.25, -0.2) is 0 Å². The van der Waals surface area contributed by atoms with Crippen LogP contribution in [0.4, 0.5) is 0 Å². The maximum Gasteiger partial charge on any atom is 0.216 e. The van der Waals surface area contributed by atoms with Crippen molar-refractivity contribution >= 4 is 5.91 Å². The predicted molar refractivity (Wildman–Crippen MR) is 59.3 cm³/mol. The van der Waals surface area contributed by atoms with E-state index in [0.29, 0.717) is 6.54 Å². The Balaban J connectivity index is 3.16. The molecule has 0 unspecified atom stereocenters. The van der Waals surface area contributed by atoms with Crippen LogP contribution in [0, 0.1) is 0 Å². The van der Waals surface area contributed by atoms with Crippen LogP contribution in [0.2, 0.25) is 0 Å². The summed E-state index contributed by atoms with van der Waals surface area (Å²) >= 11 is 0. The summed E-state index contributed by atoms with van der Waals surface area (Å²) in [7, 11) is 0. The van der Waals surface area contributed by atoms with E-state index in [9.17, 15) is 4.79 Å². The van der Waals surface area contributed by atoms with Gasteiger partial charge in [-0.05, 0) is 13.1 Å². The number of rotatable bonds is 8. The molecule has 0 radical (unpaired) electrons. The lowest BCUT2D eigenvalue weighted by molar-refractivity contribution is -0.118. The molecule has 0 heterocycles. The van der Waals surface area contributed by atoms with Crippen LogP contribution in [0.5, 0.6) is 0 Å². The summed E-state index contributed by atoms with van der Waals surface area (Å²) in [5.41, 5.74) is 0. The smallest absolute Gasteiger partial charge is 0.216 e. The third-order valence-electron chi connectivity index (χ3n) is 2.17. The number of hydrogen-bond donors (Lipinski definition) is 2. The second kappa shape index (κ2) is 8.97. The van der Waals surface area contributed by atoms with Crippen LogP contribution in [0.15, 0.2) is 0 Å². The molecule has 0 aliphatic heterocycles. The maximum atomic E-state index is 10.5. The lowest BCUT2D eigenvalue weighted by Crippen LogP contribution is -2.35. The zero-order valence-electron chi connectivity index (χ0n) is 9.60. The van der Waals surface area contributed by atoms with Gasteiger partial charge in [0.25, 0.3) is 0 Å². The van der Waals surface area contributed by atoms with E-state index >= 15 is 0 Å². The predicted octanol–water partition coefficient (Wildman–Crippen LogP) is 0.0539. The zero-order valence-corrected chi connectivity index (χ0v) is 9.60. The highest BCUT2D eigenvalue weighted by atomic mass is 16.1. The van der Waals surface area contributed by atoms with Gasteiger partial charge in [0.05, 0.1) is 0 Å². The molecule has 0 aromatic rings. The molecule has 0 bridgehead atoms. The second-order valence-electron chi connectivity index (χ2n) is 3.26. The van der Waals surface area contributed by atoms with Crippen molar-refractivity contribution in [2.75, 3.05) is 39.3 Å². The van der Waals surface area contributed by atoms with Gasteiger partial charge in [0, 0.05) is 33.1 Å². The Labute approximate surface area is 87.0 Å². The van der Waals surface area contributed by atoms with Gasteiger partial charge < -0.3 is 15.5 Å². The fourth-order valence-electron chi connectivity index (χ4n) is 1.23. The molecular formula is C10H23N3O. The highest BCUT2D eigenvalue weighted by molar-refractivity contribution is 5.72. The first-order valence-corrected chi connectivity index (χ1v) is 5.38. The Morgan fingerprint density at radius 1 is 1.14 bits per heavy atom. The number of likely N-dealkylation sites (N-methyl/N-ethyl adjacent to an activating group) is 1. The summed E-state index contributed by atoms with van der Waals surface area (Å²) in [6.45, 7) is 11.7. The standard InChI is InChI=1S/C10H23N3O/c1-4-13(5-2)9-8-11-6-7-12-10(3)14/h11H,4-9H2,1-3H3,(H,12,14). The number of nitrogens with zero attached hydrogens (tertiary/aromatic N) is 1. The normalized spacial score (nSPS) is 10.6. The van der Waals surface area contributed by atoms with Crippen molar-refractivity contribution in [3.63, 3.8) is 0 Å². The molecule has 0 saturated heterocycles. The minimum Gasteiger partial charge on any atom is -0.355 e. The SMILES string of the molecule is CCN(CC)CCNCCNC(C)=O. The Hall–Kier alpha value is -0.610. The molecule has 2 N–H and O–H groups in total. The molecule has 4 heteroatoms. The van der Waals surface area contributed by atoms with Crippen molar-refractivity contribution in [3.05, 3.63) is 0 Å². The van der Waals surface area contributed by atoms with Gasteiger partial charge in [0.1, 0.15) is 0 Å². The molecule has 0 aromatic heterocycles. The average molecular weight is 201 g/mol. The minimum absolute atomic E-state index is 0.0375. The Morgan fingerprint density at radius 2 is 1.79 bits per heavy atom. The van der Waals surface area contributed by atoms with E-state index in [1.165, 1.54) is 6.92 Å². The van der Waals surface area contributed by atoms with Gasteiger partial charge in [-0.1, -0.05) is 13.8 Å². The van der Waals surface area contributed by atoms with E-state index in [0.717, 1.165) is 32.7 Å². The van der Waals surface area contributed by atoms with E-state index in [1.807, 2.05) is 0 Å². The van der Waals surface area contributed by atoms with Gasteiger partial charge in [-0.3, -0.25) is 4.79 Å². The van der Waals surface area contributed by atoms with E-state index in [1.54, 1.807) is 0 Å². The third kappa shape index (κ3) is 8.01. The van der Waals surface area contributed by atoms with Gasteiger partial charge in [0.15, 0.2) is 0 Å². The van der Waals surface area contributed by atoms with E-state index in [2.05, 4.69) is 29.4 Å². The van der Waals surface area contributed by atoms with Crippen molar-refractivity contribution in [2.45, 2.75) is 20.8 Å². The molecule has 0 fully saturated rings. The third-order valence-corrected chi connectivity index (χ3v) is 2.17. The average Bonchev–Trinajstić information content (AvgIpc) is 2.16. The lowest BCUT2D eigenvalue weighted by atomic mass is 10.4. The molecule has 0 aromatic carbocycles. The van der Waals surface area contributed by atoms with E-state index < -0.39 is 0 Å². The lowest BCUT2D eigenvalue weighted by Gasteiger charge is -2.17. The van der Waals surface area contributed by atoms with Gasteiger partial charge in [0.2, 0.25) is 5.91 Å². The van der Waals surface area contributed by atoms with Crippen LogP contribution in [-0.2, 0) is 4.79 Å². The monoisotopic (exact) mass is 201 g/mol. The Bertz CT molecular complexity index is 146. The van der Waals surface area contributed by atoms with Gasteiger partial charge in [-0.2, -0.15) is 0 Å². The van der Waals surface area contributed by atoms with E-state index in [-0.39, 0.29) is 5.91 Å². The first kappa shape index (κ1) is 13.4. The number of carbonyl (C=O) groups excluding carboxylic acids is 1. The number of nitrogens with one attached hydrogen (secondary N) is 2. The largest absolute Gasteiger partial charge is 0.355 e. The topological polar surface area (TPSA) is 44.4 Å². The first-order chi connectivity index (χ1) is 6.70. The molecule has 0 aliphatic rings. The summed E-state index contributed by atoms with van der Waals surface area (Å²) in [5.74, 6) is 0.0375. The van der Waals surface area contributed by atoms with Crippen molar-refractivity contribution in [1.82, 2.24) is 15.5 Å². The first-order valence-electron chi connectivity index (χ1n) is 5.38. The molecule has 84 valence electrons. The molecule has 0 spiro atoms. The Morgan fingerprint density at radius 3 is 2.29 bits per heavy atom. The highest BCUT2D eigenvalue weighted by Gasteiger charge is 1.97. The molecule has 4 nitrogen and oxygen atoms in total. The maximum absolute atomic E-state index is 10.5. The number of carbonyl (C=O) groups is 1. The van der Waals surface area contributed by atoms with Gasteiger partial charge in [-0.15, -0.1) is 0 Å². The Kier molecular flexibility index (Phi) is 8.57. The molecule has 0 rings (SSSR count). The van der Waals surface area contributed by atoms with Crippen molar-refractivity contribution in [2.24, 2.45) is 0 Å². The van der Waals surface area contributed by atoms with Crippen molar-refractivity contribution in [1.29, 1.82) is 0 Å². The molecule has 1 amide bonds. The van der Waals surface area contributed by atoms with Crippen LogP contribution in [0.1, 0.15) is 20.8 Å².